The molecule has 1 fully saturated rings. The highest BCUT2D eigenvalue weighted by molar-refractivity contribution is 7.99. The van der Waals surface area contributed by atoms with Crippen molar-refractivity contribution in [1.29, 1.82) is 0 Å². The lowest BCUT2D eigenvalue weighted by molar-refractivity contribution is -0.163. The number of anilines is 1. The maximum atomic E-state index is 13.5. The van der Waals surface area contributed by atoms with Gasteiger partial charge in [-0.05, 0) is 62.7 Å². The average Bonchev–Trinajstić information content (AvgIpc) is 3.32. The van der Waals surface area contributed by atoms with E-state index < -0.39 is 61.3 Å². The van der Waals surface area contributed by atoms with E-state index >= 15 is 0 Å². The summed E-state index contributed by atoms with van der Waals surface area (Å²) >= 11 is 1.36. The first-order chi connectivity index (χ1) is 19.1. The molecule has 0 aromatic heterocycles. The van der Waals surface area contributed by atoms with Gasteiger partial charge in [0.05, 0.1) is 18.7 Å². The summed E-state index contributed by atoms with van der Waals surface area (Å²) in [5, 5.41) is 4.58. The third-order valence-electron chi connectivity index (χ3n) is 5.96. The molecule has 222 valence electrons. The summed E-state index contributed by atoms with van der Waals surface area (Å²) in [4.78, 5) is 52.8. The highest BCUT2D eigenvalue weighted by Crippen LogP contribution is 2.42. The third kappa shape index (κ3) is 9.89. The van der Waals surface area contributed by atoms with Gasteiger partial charge < -0.3 is 25.0 Å². The Kier molecular flexibility index (Phi) is 10.6. The van der Waals surface area contributed by atoms with Crippen LogP contribution in [0.25, 0.3) is 0 Å². The van der Waals surface area contributed by atoms with E-state index in [0.29, 0.717) is 23.4 Å². The van der Waals surface area contributed by atoms with Crippen molar-refractivity contribution in [3.8, 4) is 0 Å². The summed E-state index contributed by atoms with van der Waals surface area (Å²) in [5.41, 5.74) is 0.541. The van der Waals surface area contributed by atoms with Crippen LogP contribution in [0.2, 0.25) is 25.7 Å². The molecule has 0 aliphatic carbocycles. The van der Waals surface area contributed by atoms with E-state index in [9.17, 15) is 23.6 Å². The molecule has 12 heteroatoms. The molecule has 1 saturated heterocycles. The van der Waals surface area contributed by atoms with Crippen LogP contribution in [0.15, 0.2) is 48.5 Å². The van der Waals surface area contributed by atoms with Gasteiger partial charge in [0.15, 0.2) is 0 Å². The van der Waals surface area contributed by atoms with Crippen molar-refractivity contribution in [3.05, 3.63) is 65.5 Å². The van der Waals surface area contributed by atoms with Gasteiger partial charge in [-0.3, -0.25) is 4.79 Å². The van der Waals surface area contributed by atoms with Gasteiger partial charge in [-0.25, -0.2) is 18.8 Å². The fourth-order valence-corrected chi connectivity index (χ4v) is 6.08. The largest absolute Gasteiger partial charge is 0.462 e. The predicted molar refractivity (Wildman–Crippen MR) is 160 cm³/mol. The number of carbonyl (C=O) groups is 4. The second-order valence-corrected chi connectivity index (χ2v) is 18.7. The van der Waals surface area contributed by atoms with Gasteiger partial charge in [0.1, 0.15) is 22.8 Å². The summed E-state index contributed by atoms with van der Waals surface area (Å²) in [7, 11) is -1.35. The van der Waals surface area contributed by atoms with E-state index in [2.05, 4.69) is 30.3 Å². The number of urea groups is 1. The Balaban J connectivity index is 1.65. The molecular formula is C29H38FN3O6SSi. The van der Waals surface area contributed by atoms with Crippen LogP contribution in [0.4, 0.5) is 14.9 Å². The van der Waals surface area contributed by atoms with E-state index in [1.807, 2.05) is 0 Å². The summed E-state index contributed by atoms with van der Waals surface area (Å²) < 4.78 is 24.4. The zero-order valence-electron chi connectivity index (χ0n) is 24.3. The van der Waals surface area contributed by atoms with E-state index in [-0.39, 0.29) is 5.75 Å². The van der Waals surface area contributed by atoms with Crippen molar-refractivity contribution in [2.24, 2.45) is 0 Å². The minimum absolute atomic E-state index is 0.287. The van der Waals surface area contributed by atoms with Crippen LogP contribution in [0.1, 0.15) is 42.1 Å². The number of nitrogens with zero attached hydrogens (tertiary/aromatic N) is 1. The van der Waals surface area contributed by atoms with Gasteiger partial charge in [-0.15, -0.1) is 11.8 Å². The molecule has 0 unspecified atom stereocenters. The Hall–Kier alpha value is -3.38. The molecule has 3 rings (SSSR count). The minimum atomic E-state index is -1.35. The molecule has 41 heavy (non-hydrogen) atoms. The number of esters is 2. The zero-order chi connectivity index (χ0) is 30.4. The Morgan fingerprint density at radius 2 is 1.76 bits per heavy atom. The van der Waals surface area contributed by atoms with Crippen LogP contribution < -0.4 is 10.6 Å². The van der Waals surface area contributed by atoms with Crippen molar-refractivity contribution in [2.45, 2.75) is 63.5 Å². The highest BCUT2D eigenvalue weighted by Gasteiger charge is 2.44. The lowest BCUT2D eigenvalue weighted by Gasteiger charge is -2.30. The van der Waals surface area contributed by atoms with Gasteiger partial charge >= 0.3 is 18.0 Å². The molecule has 1 aliphatic rings. The summed E-state index contributed by atoms with van der Waals surface area (Å²) in [6.45, 7) is 11.7. The quantitative estimate of drug-likeness (QED) is 0.290. The van der Waals surface area contributed by atoms with Crippen molar-refractivity contribution < 1.29 is 33.0 Å². The predicted octanol–water partition coefficient (Wildman–Crippen LogP) is 5.43. The fraction of sp³-hybridized carbons (Fsp3) is 0.448. The Morgan fingerprint density at radius 1 is 1.07 bits per heavy atom. The van der Waals surface area contributed by atoms with Crippen LogP contribution in [-0.4, -0.2) is 67.4 Å². The summed E-state index contributed by atoms with van der Waals surface area (Å²) in [6.07, 6.45) is 0. The number of hydrogen-bond donors (Lipinski definition) is 2. The van der Waals surface area contributed by atoms with Gasteiger partial charge in [-0.1, -0.05) is 37.8 Å². The van der Waals surface area contributed by atoms with E-state index in [1.165, 1.54) is 34.9 Å². The molecule has 0 spiro atoms. The van der Waals surface area contributed by atoms with Crippen LogP contribution in [0.5, 0.6) is 0 Å². The highest BCUT2D eigenvalue weighted by atomic mass is 32.2. The topological polar surface area (TPSA) is 114 Å². The van der Waals surface area contributed by atoms with Gasteiger partial charge in [0.2, 0.25) is 5.91 Å². The maximum Gasteiger partial charge on any atom is 0.338 e. The lowest BCUT2D eigenvalue weighted by atomic mass is 10.1. The number of rotatable bonds is 9. The zero-order valence-corrected chi connectivity index (χ0v) is 26.1. The fourth-order valence-electron chi connectivity index (χ4n) is 3.93. The number of amides is 3. The van der Waals surface area contributed by atoms with E-state index in [0.717, 1.165) is 6.04 Å². The van der Waals surface area contributed by atoms with Crippen LogP contribution in [0, 0.1) is 5.82 Å². The first-order valence-corrected chi connectivity index (χ1v) is 18.1. The maximum absolute atomic E-state index is 13.5. The number of benzene rings is 2. The number of halogens is 1. The van der Waals surface area contributed by atoms with Crippen molar-refractivity contribution in [3.63, 3.8) is 0 Å². The first kappa shape index (κ1) is 32.1. The van der Waals surface area contributed by atoms with Crippen LogP contribution in [0.3, 0.4) is 0 Å². The standard InChI is InChI=1S/C29H38FN3O6SSi/c1-29(2,3)39-27(36)23-18-40-25(19-10-12-21(30)13-11-19)33(23)24(34)17-31-28(37)32-22-9-7-8-20(16-22)26(35)38-14-15-41(4,5)6/h7-13,16,23,25H,14-15,17-18H2,1-6H3,(H2,31,32,37)/t23-,25+/m0/s1. The average molecular weight is 604 g/mol. The van der Waals surface area contributed by atoms with Crippen molar-refractivity contribution in [2.75, 3.05) is 24.2 Å². The van der Waals surface area contributed by atoms with E-state index in [1.54, 1.807) is 51.1 Å². The van der Waals surface area contributed by atoms with Gasteiger partial charge in [0, 0.05) is 19.5 Å². The lowest BCUT2D eigenvalue weighted by Crippen LogP contribution is -2.49. The summed E-state index contributed by atoms with van der Waals surface area (Å²) in [5.74, 6) is -1.67. The molecule has 3 amide bonds. The molecule has 0 radical (unpaired) electrons. The SMILES string of the molecule is CC(C)(C)OC(=O)[C@@H]1CS[C@H](c2ccc(F)cc2)N1C(=O)CNC(=O)Nc1cccc(C(=O)OCC[Si](C)(C)C)c1. The number of nitrogens with one attached hydrogen (secondary N) is 2. The monoisotopic (exact) mass is 603 g/mol. The molecule has 1 aliphatic heterocycles. The summed E-state index contributed by atoms with van der Waals surface area (Å²) in [6, 6.07) is 11.3. The van der Waals surface area contributed by atoms with Crippen LogP contribution >= 0.6 is 11.8 Å². The Bertz CT molecular complexity index is 1260. The number of carbonyl (C=O) groups excluding carboxylic acids is 4. The Morgan fingerprint density at radius 3 is 2.39 bits per heavy atom. The third-order valence-corrected chi connectivity index (χ3v) is 8.99. The first-order valence-electron chi connectivity index (χ1n) is 13.4. The molecule has 9 nitrogen and oxygen atoms in total. The molecule has 1 heterocycles. The van der Waals surface area contributed by atoms with Crippen molar-refractivity contribution in [1.82, 2.24) is 10.2 Å². The molecule has 0 saturated carbocycles. The van der Waals surface area contributed by atoms with Crippen molar-refractivity contribution >= 4 is 49.4 Å². The second-order valence-electron chi connectivity index (χ2n) is 11.9. The minimum Gasteiger partial charge on any atom is -0.462 e. The van der Waals surface area contributed by atoms with Gasteiger partial charge in [-0.2, -0.15) is 0 Å². The number of hydrogen-bond acceptors (Lipinski definition) is 7. The smallest absolute Gasteiger partial charge is 0.338 e. The second kappa shape index (κ2) is 13.5. The Labute approximate surface area is 245 Å². The molecule has 2 atom stereocenters. The molecule has 2 aromatic carbocycles. The van der Waals surface area contributed by atoms with Gasteiger partial charge in [0.25, 0.3) is 0 Å². The normalized spacial score (nSPS) is 17.1. The molecule has 2 N–H and O–H groups in total. The number of ether oxygens (including phenoxy) is 2. The molecule has 2 aromatic rings. The van der Waals surface area contributed by atoms with E-state index in [4.69, 9.17) is 9.47 Å². The molecule has 0 bridgehead atoms. The number of thioether (sulfide) groups is 1. The molecular weight excluding hydrogens is 565 g/mol. The van der Waals surface area contributed by atoms with Crippen LogP contribution in [-0.2, 0) is 19.1 Å².